The van der Waals surface area contributed by atoms with E-state index in [1.807, 2.05) is 0 Å². The minimum Gasteiger partial charge on any atom is -0.508 e. The topological polar surface area (TPSA) is 61.8 Å². The standard InChI is InChI=1S/C9H11N3O/c1-2-12(11-7-10)8-3-5-9(13)6-4-8/h2-7,13H,1H2,(H2,10,11). The van der Waals surface area contributed by atoms with Crippen LogP contribution in [0, 0.1) is 0 Å². The first-order valence-electron chi connectivity index (χ1n) is 3.73. The summed E-state index contributed by atoms with van der Waals surface area (Å²) in [5.41, 5.74) is 5.93. The Morgan fingerprint density at radius 2 is 2.00 bits per heavy atom. The van der Waals surface area contributed by atoms with Crippen molar-refractivity contribution in [2.24, 2.45) is 10.8 Å². The van der Waals surface area contributed by atoms with Crippen molar-refractivity contribution in [1.82, 2.24) is 0 Å². The molecule has 4 heteroatoms. The Bertz CT molecular complexity index is 305. The van der Waals surface area contributed by atoms with Gasteiger partial charge in [-0.2, -0.15) is 5.10 Å². The van der Waals surface area contributed by atoms with E-state index < -0.39 is 0 Å². The molecule has 0 bridgehead atoms. The minimum absolute atomic E-state index is 0.212. The van der Waals surface area contributed by atoms with E-state index in [1.54, 1.807) is 24.3 Å². The molecule has 4 nitrogen and oxygen atoms in total. The number of aromatic hydroxyl groups is 1. The maximum Gasteiger partial charge on any atom is 0.115 e. The Hall–Kier alpha value is -1.97. The molecule has 0 aliphatic heterocycles. The molecule has 0 aliphatic carbocycles. The van der Waals surface area contributed by atoms with E-state index in [9.17, 15) is 0 Å². The van der Waals surface area contributed by atoms with Crippen molar-refractivity contribution in [3.63, 3.8) is 0 Å². The highest BCUT2D eigenvalue weighted by Gasteiger charge is 1.98. The van der Waals surface area contributed by atoms with Crippen molar-refractivity contribution < 1.29 is 5.11 Å². The number of anilines is 1. The molecule has 0 aliphatic rings. The first-order chi connectivity index (χ1) is 6.27. The third-order valence-corrected chi connectivity index (χ3v) is 1.48. The molecule has 0 amide bonds. The van der Waals surface area contributed by atoms with Gasteiger partial charge < -0.3 is 10.8 Å². The van der Waals surface area contributed by atoms with E-state index in [0.29, 0.717) is 0 Å². The lowest BCUT2D eigenvalue weighted by Gasteiger charge is -2.12. The van der Waals surface area contributed by atoms with Crippen molar-refractivity contribution >= 4 is 12.0 Å². The molecule has 1 rings (SSSR count). The molecular formula is C9H11N3O. The Labute approximate surface area is 76.6 Å². The van der Waals surface area contributed by atoms with E-state index in [0.717, 1.165) is 5.69 Å². The van der Waals surface area contributed by atoms with Crippen LogP contribution in [-0.2, 0) is 0 Å². The predicted octanol–water partition coefficient (Wildman–Crippen LogP) is 1.24. The van der Waals surface area contributed by atoms with Crippen LogP contribution in [0.3, 0.4) is 0 Å². The zero-order valence-corrected chi connectivity index (χ0v) is 7.09. The summed E-state index contributed by atoms with van der Waals surface area (Å²) in [6.07, 6.45) is 2.70. The highest BCUT2D eigenvalue weighted by Crippen LogP contribution is 2.18. The summed E-state index contributed by atoms with van der Waals surface area (Å²) in [4.78, 5) is 0. The van der Waals surface area contributed by atoms with Gasteiger partial charge in [-0.25, -0.2) is 5.01 Å². The Morgan fingerprint density at radius 3 is 2.46 bits per heavy atom. The van der Waals surface area contributed by atoms with E-state index >= 15 is 0 Å². The van der Waals surface area contributed by atoms with Gasteiger partial charge in [0, 0.05) is 6.20 Å². The molecule has 0 fully saturated rings. The SMILES string of the molecule is C=CN(/N=C\N)c1ccc(O)cc1. The van der Waals surface area contributed by atoms with Crippen LogP contribution in [-0.4, -0.2) is 11.4 Å². The zero-order valence-electron chi connectivity index (χ0n) is 7.09. The molecule has 0 atom stereocenters. The quantitative estimate of drug-likeness (QED) is 0.415. The van der Waals surface area contributed by atoms with Crippen molar-refractivity contribution in [2.45, 2.75) is 0 Å². The minimum atomic E-state index is 0.212. The second-order valence-corrected chi connectivity index (χ2v) is 2.31. The highest BCUT2D eigenvalue weighted by atomic mass is 16.3. The fourth-order valence-corrected chi connectivity index (χ4v) is 0.896. The van der Waals surface area contributed by atoms with Crippen molar-refractivity contribution in [2.75, 3.05) is 5.01 Å². The average Bonchev–Trinajstić information content (AvgIpc) is 2.16. The largest absolute Gasteiger partial charge is 0.508 e. The number of hydrogen-bond donors (Lipinski definition) is 2. The van der Waals surface area contributed by atoms with Gasteiger partial charge in [-0.1, -0.05) is 6.58 Å². The number of nitrogens with two attached hydrogens (primary N) is 1. The summed E-state index contributed by atoms with van der Waals surface area (Å²) in [7, 11) is 0. The molecule has 0 aromatic heterocycles. The lowest BCUT2D eigenvalue weighted by Crippen LogP contribution is -2.08. The smallest absolute Gasteiger partial charge is 0.115 e. The number of benzene rings is 1. The molecule has 0 unspecified atom stereocenters. The van der Waals surface area contributed by atoms with Crippen LogP contribution >= 0.6 is 0 Å². The Kier molecular flexibility index (Phi) is 2.92. The van der Waals surface area contributed by atoms with Crippen molar-refractivity contribution in [3.8, 4) is 5.75 Å². The van der Waals surface area contributed by atoms with Crippen LogP contribution in [0.15, 0.2) is 42.1 Å². The van der Waals surface area contributed by atoms with E-state index in [-0.39, 0.29) is 5.75 Å². The van der Waals surface area contributed by atoms with Crippen LogP contribution < -0.4 is 10.7 Å². The first-order valence-corrected chi connectivity index (χ1v) is 3.73. The Balaban J connectivity index is 2.91. The van der Waals surface area contributed by atoms with Crippen LogP contribution in [0.5, 0.6) is 5.75 Å². The van der Waals surface area contributed by atoms with Gasteiger partial charge in [0.2, 0.25) is 0 Å². The number of phenolic OH excluding ortho intramolecular Hbond substituents is 1. The summed E-state index contributed by atoms with van der Waals surface area (Å²) in [6.45, 7) is 3.57. The number of nitrogens with zero attached hydrogens (tertiary/aromatic N) is 2. The van der Waals surface area contributed by atoms with Gasteiger partial charge in [0.05, 0.1) is 5.69 Å². The summed E-state index contributed by atoms with van der Waals surface area (Å²) in [5.74, 6) is 0.212. The lowest BCUT2D eigenvalue weighted by atomic mass is 10.3. The fourth-order valence-electron chi connectivity index (χ4n) is 0.896. The number of rotatable bonds is 3. The third kappa shape index (κ3) is 2.23. The van der Waals surface area contributed by atoms with Crippen molar-refractivity contribution in [1.29, 1.82) is 0 Å². The van der Waals surface area contributed by atoms with E-state index in [1.165, 1.54) is 17.5 Å². The van der Waals surface area contributed by atoms with Gasteiger partial charge in [-0.05, 0) is 24.3 Å². The van der Waals surface area contributed by atoms with E-state index in [2.05, 4.69) is 11.7 Å². The molecule has 68 valence electrons. The number of phenols is 1. The van der Waals surface area contributed by atoms with Gasteiger partial charge in [-0.15, -0.1) is 0 Å². The Morgan fingerprint density at radius 1 is 1.38 bits per heavy atom. The monoisotopic (exact) mass is 177 g/mol. The molecule has 0 saturated heterocycles. The molecule has 0 radical (unpaired) electrons. The number of hydrazone groups is 1. The summed E-state index contributed by atoms with van der Waals surface area (Å²) >= 11 is 0. The second kappa shape index (κ2) is 4.15. The van der Waals surface area contributed by atoms with Crippen molar-refractivity contribution in [3.05, 3.63) is 37.0 Å². The van der Waals surface area contributed by atoms with Crippen LogP contribution in [0.4, 0.5) is 5.69 Å². The van der Waals surface area contributed by atoms with Gasteiger partial charge in [0.15, 0.2) is 0 Å². The maximum atomic E-state index is 9.03. The van der Waals surface area contributed by atoms with Gasteiger partial charge in [-0.3, -0.25) is 0 Å². The van der Waals surface area contributed by atoms with Gasteiger partial charge in [0.1, 0.15) is 12.1 Å². The van der Waals surface area contributed by atoms with Crippen LogP contribution in [0.1, 0.15) is 0 Å². The highest BCUT2D eigenvalue weighted by molar-refractivity contribution is 5.57. The van der Waals surface area contributed by atoms with Crippen LogP contribution in [0.25, 0.3) is 0 Å². The fraction of sp³-hybridized carbons (Fsp3) is 0. The summed E-state index contributed by atoms with van der Waals surface area (Å²) in [6, 6.07) is 6.56. The lowest BCUT2D eigenvalue weighted by molar-refractivity contribution is 0.475. The van der Waals surface area contributed by atoms with Gasteiger partial charge in [0.25, 0.3) is 0 Å². The summed E-state index contributed by atoms with van der Waals surface area (Å²) in [5, 5.41) is 14.4. The molecule has 0 saturated carbocycles. The third-order valence-electron chi connectivity index (χ3n) is 1.48. The second-order valence-electron chi connectivity index (χ2n) is 2.31. The zero-order chi connectivity index (χ0) is 9.68. The molecule has 0 spiro atoms. The summed E-state index contributed by atoms with van der Waals surface area (Å²) < 4.78 is 0. The maximum absolute atomic E-state index is 9.03. The van der Waals surface area contributed by atoms with Gasteiger partial charge >= 0.3 is 0 Å². The molecule has 0 heterocycles. The molecule has 13 heavy (non-hydrogen) atoms. The normalized spacial score (nSPS) is 10.2. The molecule has 1 aromatic carbocycles. The average molecular weight is 177 g/mol. The van der Waals surface area contributed by atoms with Crippen LogP contribution in [0.2, 0.25) is 0 Å². The first kappa shape index (κ1) is 9.12. The molecular weight excluding hydrogens is 166 g/mol. The number of hydrogen-bond acceptors (Lipinski definition) is 3. The van der Waals surface area contributed by atoms with E-state index in [4.69, 9.17) is 10.8 Å². The molecule has 1 aromatic rings. The predicted molar refractivity (Wildman–Crippen MR) is 53.5 cm³/mol. The molecule has 3 N–H and O–H groups in total.